The van der Waals surface area contributed by atoms with Gasteiger partial charge >= 0.3 is 0 Å². The second kappa shape index (κ2) is 9.44. The molecule has 32 heavy (non-hydrogen) atoms. The first-order valence-corrected chi connectivity index (χ1v) is 14.3. The molecule has 0 spiro atoms. The zero-order chi connectivity index (χ0) is 22.2. The number of thioether (sulfide) groups is 2. The molecule has 3 aromatic heterocycles. The summed E-state index contributed by atoms with van der Waals surface area (Å²) in [6.07, 6.45) is 7.63. The van der Waals surface area contributed by atoms with Gasteiger partial charge in [0.05, 0.1) is 22.1 Å². The first kappa shape index (κ1) is 22.4. The topological polar surface area (TPSA) is 77.0 Å². The van der Waals surface area contributed by atoms with Crippen molar-refractivity contribution >= 4 is 61.2 Å². The van der Waals surface area contributed by atoms with E-state index in [-0.39, 0.29) is 12.0 Å². The van der Waals surface area contributed by atoms with Crippen molar-refractivity contribution in [1.29, 1.82) is 0 Å². The summed E-state index contributed by atoms with van der Waals surface area (Å²) in [6, 6.07) is 0. The number of rotatable bonds is 7. The first-order valence-electron chi connectivity index (χ1n) is 11.3. The van der Waals surface area contributed by atoms with Crippen molar-refractivity contribution in [2.24, 2.45) is 0 Å². The molecule has 1 fully saturated rings. The van der Waals surface area contributed by atoms with Crippen LogP contribution in [-0.4, -0.2) is 52.1 Å². The van der Waals surface area contributed by atoms with Gasteiger partial charge in [-0.2, -0.15) is 0 Å². The van der Waals surface area contributed by atoms with E-state index in [0.717, 1.165) is 57.5 Å². The normalized spacial score (nSPS) is 18.2. The number of nitrogens with one attached hydrogen (secondary N) is 1. The van der Waals surface area contributed by atoms with Gasteiger partial charge in [-0.25, -0.2) is 15.0 Å². The summed E-state index contributed by atoms with van der Waals surface area (Å²) in [5.41, 5.74) is 5.10. The first-order chi connectivity index (χ1) is 15.5. The summed E-state index contributed by atoms with van der Waals surface area (Å²) in [4.78, 5) is 28.3. The minimum absolute atomic E-state index is 0.0187. The highest BCUT2D eigenvalue weighted by Crippen LogP contribution is 2.43. The van der Waals surface area contributed by atoms with E-state index in [0.29, 0.717) is 18.2 Å². The maximum atomic E-state index is 12.5. The standard InChI is InChI=1S/C23H28N4O2S3/c1-12(2)18-15-8-4-7-14(15)17-19-20(32-21(17)25-18)22(27-23(26-19)30-3)31-11-16(28)24-10-13-6-5-9-29-13/h12-13H,4-11H2,1-3H3,(H,24,28)/t13-/m1/s1. The summed E-state index contributed by atoms with van der Waals surface area (Å²) in [5.74, 6) is 0.764. The predicted molar refractivity (Wildman–Crippen MR) is 133 cm³/mol. The van der Waals surface area contributed by atoms with Crippen LogP contribution in [0.1, 0.15) is 55.8 Å². The number of ether oxygens (including phenoxy) is 1. The maximum Gasteiger partial charge on any atom is 0.230 e. The van der Waals surface area contributed by atoms with Crippen molar-refractivity contribution in [3.8, 4) is 0 Å². The lowest BCUT2D eigenvalue weighted by Crippen LogP contribution is -2.32. The fourth-order valence-corrected chi connectivity index (χ4v) is 7.15. The van der Waals surface area contributed by atoms with Crippen molar-refractivity contribution < 1.29 is 9.53 Å². The van der Waals surface area contributed by atoms with Gasteiger partial charge in [-0.3, -0.25) is 4.79 Å². The zero-order valence-corrected chi connectivity index (χ0v) is 21.1. The smallest absolute Gasteiger partial charge is 0.230 e. The van der Waals surface area contributed by atoms with Crippen LogP contribution in [0.15, 0.2) is 10.2 Å². The maximum absolute atomic E-state index is 12.5. The van der Waals surface area contributed by atoms with Crippen LogP contribution in [0.25, 0.3) is 20.4 Å². The minimum Gasteiger partial charge on any atom is -0.376 e. The fourth-order valence-electron chi connectivity index (χ4n) is 4.64. The van der Waals surface area contributed by atoms with Crippen LogP contribution in [0, 0.1) is 0 Å². The molecule has 4 heterocycles. The molecular formula is C23H28N4O2S3. The van der Waals surface area contributed by atoms with Crippen LogP contribution in [0.5, 0.6) is 0 Å². The Labute approximate surface area is 200 Å². The lowest BCUT2D eigenvalue weighted by atomic mass is 9.99. The number of hydrogen-bond acceptors (Lipinski definition) is 8. The molecular weight excluding hydrogens is 460 g/mol. The number of carbonyl (C=O) groups is 1. The molecule has 3 aromatic rings. The van der Waals surface area contributed by atoms with Gasteiger partial charge in [-0.15, -0.1) is 11.3 Å². The van der Waals surface area contributed by atoms with E-state index in [1.54, 1.807) is 23.1 Å². The molecule has 170 valence electrons. The Morgan fingerprint density at radius 1 is 1.22 bits per heavy atom. The Hall–Kier alpha value is -1.42. The van der Waals surface area contributed by atoms with Gasteiger partial charge in [0.15, 0.2) is 5.16 Å². The average molecular weight is 489 g/mol. The third kappa shape index (κ3) is 4.24. The van der Waals surface area contributed by atoms with E-state index in [1.807, 2.05) is 6.26 Å². The number of aryl methyl sites for hydroxylation is 1. The second-order valence-corrected chi connectivity index (χ2v) is 11.4. The Morgan fingerprint density at radius 3 is 2.81 bits per heavy atom. The van der Waals surface area contributed by atoms with Gasteiger partial charge in [0, 0.05) is 24.2 Å². The molecule has 1 saturated heterocycles. The van der Waals surface area contributed by atoms with Crippen LogP contribution in [0.4, 0.5) is 0 Å². The summed E-state index contributed by atoms with van der Waals surface area (Å²) in [6.45, 7) is 5.84. The number of hydrogen-bond donors (Lipinski definition) is 1. The second-order valence-electron chi connectivity index (χ2n) is 8.67. The lowest BCUT2D eigenvalue weighted by Gasteiger charge is -2.12. The Balaban J connectivity index is 1.48. The van der Waals surface area contributed by atoms with Gasteiger partial charge in [0.25, 0.3) is 0 Å². The van der Waals surface area contributed by atoms with Crippen LogP contribution < -0.4 is 5.32 Å². The Morgan fingerprint density at radius 2 is 2.06 bits per heavy atom. The molecule has 1 aliphatic carbocycles. The molecule has 6 nitrogen and oxygen atoms in total. The fraction of sp³-hybridized carbons (Fsp3) is 0.565. The lowest BCUT2D eigenvalue weighted by molar-refractivity contribution is -0.119. The number of nitrogens with zero attached hydrogens (tertiary/aromatic N) is 3. The zero-order valence-electron chi connectivity index (χ0n) is 18.7. The van der Waals surface area contributed by atoms with Crippen LogP contribution in [0.3, 0.4) is 0 Å². The molecule has 1 amide bonds. The quantitative estimate of drug-likeness (QED) is 0.286. The highest BCUT2D eigenvalue weighted by atomic mass is 32.2. The number of aromatic nitrogens is 3. The van der Waals surface area contributed by atoms with E-state index in [9.17, 15) is 4.79 Å². The number of carbonyl (C=O) groups excluding carboxylic acids is 1. The summed E-state index contributed by atoms with van der Waals surface area (Å²) in [7, 11) is 0. The summed E-state index contributed by atoms with van der Waals surface area (Å²) in [5, 5.41) is 5.85. The molecule has 1 atom stereocenters. The van der Waals surface area contributed by atoms with E-state index in [4.69, 9.17) is 19.7 Å². The molecule has 9 heteroatoms. The van der Waals surface area contributed by atoms with Gasteiger partial charge in [0.1, 0.15) is 9.86 Å². The third-order valence-corrected chi connectivity index (χ3v) is 8.87. The molecule has 0 unspecified atom stereocenters. The number of amides is 1. The van der Waals surface area contributed by atoms with Crippen LogP contribution in [0.2, 0.25) is 0 Å². The van der Waals surface area contributed by atoms with Crippen molar-refractivity contribution in [2.45, 2.75) is 68.2 Å². The largest absolute Gasteiger partial charge is 0.376 e. The van der Waals surface area contributed by atoms with E-state index in [2.05, 4.69) is 19.2 Å². The van der Waals surface area contributed by atoms with Crippen LogP contribution in [-0.2, 0) is 22.4 Å². The van der Waals surface area contributed by atoms with Gasteiger partial charge in [-0.05, 0) is 55.4 Å². The SMILES string of the molecule is CSc1nc(SCC(=O)NC[C@H]2CCCO2)c2sc3nc(C(C)C)c4c(c3c2n1)CCC4. The molecule has 0 saturated carbocycles. The summed E-state index contributed by atoms with van der Waals surface area (Å²) >= 11 is 4.71. The van der Waals surface area contributed by atoms with Crippen molar-refractivity contribution in [3.05, 3.63) is 16.8 Å². The van der Waals surface area contributed by atoms with Crippen molar-refractivity contribution in [1.82, 2.24) is 20.3 Å². The van der Waals surface area contributed by atoms with Gasteiger partial charge in [0.2, 0.25) is 5.91 Å². The molecule has 0 bridgehead atoms. The van der Waals surface area contributed by atoms with Crippen molar-refractivity contribution in [2.75, 3.05) is 25.2 Å². The Bertz CT molecular complexity index is 1170. The summed E-state index contributed by atoms with van der Waals surface area (Å²) < 4.78 is 6.65. The highest BCUT2D eigenvalue weighted by molar-refractivity contribution is 8.00. The molecule has 1 N–H and O–H groups in total. The molecule has 2 aliphatic rings. The van der Waals surface area contributed by atoms with Gasteiger partial charge < -0.3 is 10.1 Å². The highest BCUT2D eigenvalue weighted by Gasteiger charge is 2.26. The van der Waals surface area contributed by atoms with E-state index >= 15 is 0 Å². The number of thiophene rings is 1. The number of fused-ring (bicyclic) bond motifs is 5. The third-order valence-electron chi connectivity index (χ3n) is 6.13. The predicted octanol–water partition coefficient (Wildman–Crippen LogP) is 4.96. The van der Waals surface area contributed by atoms with E-state index in [1.165, 1.54) is 40.4 Å². The monoisotopic (exact) mass is 488 g/mol. The van der Waals surface area contributed by atoms with Crippen molar-refractivity contribution in [3.63, 3.8) is 0 Å². The average Bonchev–Trinajstić information content (AvgIpc) is 3.54. The van der Waals surface area contributed by atoms with Gasteiger partial charge in [-0.1, -0.05) is 37.4 Å². The van der Waals surface area contributed by atoms with Crippen LogP contribution >= 0.6 is 34.9 Å². The number of pyridine rings is 1. The molecule has 1 aliphatic heterocycles. The molecule has 0 aromatic carbocycles. The minimum atomic E-state index is 0.0187. The Kier molecular flexibility index (Phi) is 6.60. The molecule has 5 rings (SSSR count). The molecule has 0 radical (unpaired) electrons. The van der Waals surface area contributed by atoms with E-state index < -0.39 is 0 Å².